The van der Waals surface area contributed by atoms with Crippen LogP contribution in [0.3, 0.4) is 0 Å². The number of aromatic nitrogens is 1. The van der Waals surface area contributed by atoms with Gasteiger partial charge in [-0.3, -0.25) is 19.8 Å². The molecule has 0 unspecified atom stereocenters. The van der Waals surface area contributed by atoms with Gasteiger partial charge >= 0.3 is 0 Å². The Morgan fingerprint density at radius 3 is 2.84 bits per heavy atom. The van der Waals surface area contributed by atoms with Crippen LogP contribution >= 0.6 is 11.3 Å². The second-order valence-electron chi connectivity index (χ2n) is 6.93. The first-order valence-corrected chi connectivity index (χ1v) is 10.4. The number of amides is 2. The van der Waals surface area contributed by atoms with E-state index < -0.39 is 0 Å². The molecule has 3 aromatic rings. The summed E-state index contributed by atoms with van der Waals surface area (Å²) in [4.78, 5) is 32.4. The zero-order chi connectivity index (χ0) is 21.8. The van der Waals surface area contributed by atoms with Gasteiger partial charge in [0.25, 0.3) is 5.91 Å². The molecule has 0 fully saturated rings. The summed E-state index contributed by atoms with van der Waals surface area (Å²) in [5.41, 5.74) is 1.96. The van der Waals surface area contributed by atoms with E-state index in [2.05, 4.69) is 15.6 Å². The Morgan fingerprint density at radius 2 is 2.10 bits per heavy atom. The average molecular weight is 442 g/mol. The second-order valence-corrected chi connectivity index (χ2v) is 8.01. The van der Waals surface area contributed by atoms with E-state index in [0.29, 0.717) is 47.4 Å². The molecule has 0 bridgehead atoms. The lowest BCUT2D eigenvalue weighted by atomic mass is 10.2. The number of nitrogens with one attached hydrogen (secondary N) is 2. The summed E-state index contributed by atoms with van der Waals surface area (Å²) < 4.78 is 15.5. The van der Waals surface area contributed by atoms with Crippen molar-refractivity contribution in [2.45, 2.75) is 13.0 Å². The predicted molar refractivity (Wildman–Crippen MR) is 116 cm³/mol. The van der Waals surface area contributed by atoms with Gasteiger partial charge in [-0.05, 0) is 18.2 Å². The number of nitrogens with zero attached hydrogens (tertiary/aromatic N) is 2. The van der Waals surface area contributed by atoms with E-state index in [0.717, 1.165) is 10.6 Å². The third-order valence-corrected chi connectivity index (χ3v) is 5.86. The maximum Gasteiger partial charge on any atom is 0.260 e. The van der Waals surface area contributed by atoms with Crippen molar-refractivity contribution in [3.63, 3.8) is 0 Å². The zero-order valence-electron chi connectivity index (χ0n) is 17.1. The van der Waals surface area contributed by atoms with Gasteiger partial charge in [0.15, 0.2) is 5.13 Å². The summed E-state index contributed by atoms with van der Waals surface area (Å²) in [7, 11) is 3.12. The minimum Gasteiger partial charge on any atom is -0.497 e. The molecule has 0 aliphatic carbocycles. The standard InChI is InChI=1S/C21H22N4O5S/c1-28-14-3-4-17(29-2)16(9-14)22-19(26)11-25-7-5-15-18(10-25)31-21(23-15)24-20(27)13-6-8-30-12-13/h3-4,6,8-9,12H,5,7,10-11H2,1-2H3,(H,22,26)(H,23,24,27). The van der Waals surface area contributed by atoms with E-state index in [1.54, 1.807) is 38.5 Å². The highest BCUT2D eigenvalue weighted by Gasteiger charge is 2.23. The number of thiazole rings is 1. The number of anilines is 2. The number of rotatable bonds is 7. The smallest absolute Gasteiger partial charge is 0.260 e. The van der Waals surface area contributed by atoms with Crippen molar-refractivity contribution in [2.75, 3.05) is 37.9 Å². The van der Waals surface area contributed by atoms with Crippen molar-refractivity contribution in [3.05, 3.63) is 52.9 Å². The van der Waals surface area contributed by atoms with E-state index in [9.17, 15) is 9.59 Å². The Labute approximate surface area is 183 Å². The molecule has 9 nitrogen and oxygen atoms in total. The monoisotopic (exact) mass is 442 g/mol. The Balaban J connectivity index is 1.36. The van der Waals surface area contributed by atoms with Crippen LogP contribution < -0.4 is 20.1 Å². The third-order valence-electron chi connectivity index (χ3n) is 4.86. The molecule has 0 radical (unpaired) electrons. The lowest BCUT2D eigenvalue weighted by molar-refractivity contribution is -0.117. The van der Waals surface area contributed by atoms with E-state index >= 15 is 0 Å². The van der Waals surface area contributed by atoms with Crippen molar-refractivity contribution < 1.29 is 23.5 Å². The van der Waals surface area contributed by atoms with Gasteiger partial charge in [0.05, 0.1) is 44.0 Å². The van der Waals surface area contributed by atoms with Gasteiger partial charge in [-0.2, -0.15) is 0 Å². The SMILES string of the molecule is COc1ccc(OC)c(NC(=O)CN2CCc3nc(NC(=O)c4ccoc4)sc3C2)c1. The molecular formula is C21H22N4O5S. The van der Waals surface area contributed by atoms with Crippen LogP contribution in [-0.2, 0) is 17.8 Å². The molecule has 0 saturated carbocycles. The maximum absolute atomic E-state index is 12.6. The van der Waals surface area contributed by atoms with E-state index in [4.69, 9.17) is 13.9 Å². The number of furan rings is 1. The number of hydrogen-bond acceptors (Lipinski definition) is 8. The number of carbonyl (C=O) groups is 2. The first-order valence-electron chi connectivity index (χ1n) is 9.62. The Kier molecular flexibility index (Phi) is 6.19. The summed E-state index contributed by atoms with van der Waals surface area (Å²) in [6, 6.07) is 6.84. The molecule has 0 spiro atoms. The Hall–Kier alpha value is -3.37. The van der Waals surface area contributed by atoms with Gasteiger partial charge in [-0.1, -0.05) is 0 Å². The molecule has 2 aromatic heterocycles. The molecule has 0 saturated heterocycles. The van der Waals surface area contributed by atoms with Crippen LogP contribution in [0.25, 0.3) is 0 Å². The Bertz CT molecular complexity index is 1080. The maximum atomic E-state index is 12.6. The number of fused-ring (bicyclic) bond motifs is 1. The fourth-order valence-electron chi connectivity index (χ4n) is 3.30. The molecule has 2 N–H and O–H groups in total. The summed E-state index contributed by atoms with van der Waals surface area (Å²) in [5, 5.41) is 6.23. The molecule has 31 heavy (non-hydrogen) atoms. The van der Waals surface area contributed by atoms with Crippen molar-refractivity contribution in [1.29, 1.82) is 0 Å². The first-order chi connectivity index (χ1) is 15.1. The third kappa shape index (κ3) is 4.86. The molecule has 0 atom stereocenters. The van der Waals surface area contributed by atoms with Crippen LogP contribution in [-0.4, -0.2) is 49.0 Å². The fourth-order valence-corrected chi connectivity index (χ4v) is 4.35. The molecule has 1 aliphatic heterocycles. The number of hydrogen-bond donors (Lipinski definition) is 2. The largest absolute Gasteiger partial charge is 0.497 e. The van der Waals surface area contributed by atoms with Crippen molar-refractivity contribution in [3.8, 4) is 11.5 Å². The molecule has 162 valence electrons. The van der Waals surface area contributed by atoms with Crippen LogP contribution in [0.5, 0.6) is 11.5 Å². The first kappa shape index (κ1) is 20.9. The van der Waals surface area contributed by atoms with Gasteiger partial charge in [-0.15, -0.1) is 11.3 Å². The van der Waals surface area contributed by atoms with Gasteiger partial charge in [0.2, 0.25) is 5.91 Å². The minimum atomic E-state index is -0.261. The molecular weight excluding hydrogens is 420 g/mol. The Morgan fingerprint density at radius 1 is 1.23 bits per heavy atom. The quantitative estimate of drug-likeness (QED) is 0.579. The molecule has 1 aromatic carbocycles. The highest BCUT2D eigenvalue weighted by atomic mass is 32.1. The summed E-state index contributed by atoms with van der Waals surface area (Å²) >= 11 is 1.42. The van der Waals surface area contributed by atoms with Crippen molar-refractivity contribution >= 4 is 34.0 Å². The number of methoxy groups -OCH3 is 2. The van der Waals surface area contributed by atoms with Crippen LogP contribution in [0, 0.1) is 0 Å². The van der Waals surface area contributed by atoms with E-state index in [-0.39, 0.29) is 18.4 Å². The minimum absolute atomic E-state index is 0.145. The second kappa shape index (κ2) is 9.19. The molecule has 2 amide bonds. The summed E-state index contributed by atoms with van der Waals surface area (Å²) in [6.45, 7) is 1.53. The normalized spacial score (nSPS) is 13.4. The van der Waals surface area contributed by atoms with Crippen LogP contribution in [0.4, 0.5) is 10.8 Å². The highest BCUT2D eigenvalue weighted by Crippen LogP contribution is 2.30. The summed E-state index contributed by atoms with van der Waals surface area (Å²) in [6.07, 6.45) is 3.55. The molecule has 3 heterocycles. The van der Waals surface area contributed by atoms with Crippen LogP contribution in [0.15, 0.2) is 41.2 Å². The number of ether oxygens (including phenoxy) is 2. The van der Waals surface area contributed by atoms with E-state index in [1.807, 2.05) is 4.90 Å². The van der Waals surface area contributed by atoms with Crippen molar-refractivity contribution in [1.82, 2.24) is 9.88 Å². The van der Waals surface area contributed by atoms with Crippen molar-refractivity contribution in [2.24, 2.45) is 0 Å². The molecule has 10 heteroatoms. The van der Waals surface area contributed by atoms with Gasteiger partial charge in [-0.25, -0.2) is 4.98 Å². The lowest BCUT2D eigenvalue weighted by Gasteiger charge is -2.25. The van der Waals surface area contributed by atoms with Crippen LogP contribution in [0.2, 0.25) is 0 Å². The average Bonchev–Trinajstić information content (AvgIpc) is 3.43. The van der Waals surface area contributed by atoms with E-state index in [1.165, 1.54) is 23.9 Å². The van der Waals surface area contributed by atoms with Crippen LogP contribution in [0.1, 0.15) is 20.9 Å². The predicted octanol–water partition coefficient (Wildman–Crippen LogP) is 3.00. The fraction of sp³-hybridized carbons (Fsp3) is 0.286. The number of carbonyl (C=O) groups excluding carboxylic acids is 2. The summed E-state index contributed by atoms with van der Waals surface area (Å²) in [5.74, 6) is 0.792. The van der Waals surface area contributed by atoms with Gasteiger partial charge in [0.1, 0.15) is 17.8 Å². The lowest BCUT2D eigenvalue weighted by Crippen LogP contribution is -2.36. The number of benzene rings is 1. The molecule has 4 rings (SSSR count). The molecule has 1 aliphatic rings. The van der Waals surface area contributed by atoms with Gasteiger partial charge < -0.3 is 19.2 Å². The van der Waals surface area contributed by atoms with Gasteiger partial charge in [0, 0.05) is 30.5 Å². The topological polar surface area (TPSA) is 106 Å². The highest BCUT2D eigenvalue weighted by molar-refractivity contribution is 7.15. The zero-order valence-corrected chi connectivity index (χ0v) is 18.0.